The minimum Gasteiger partial charge on any atom is -0.504 e. The third kappa shape index (κ3) is 2.94. The second-order valence-corrected chi connectivity index (χ2v) is 10.6. The lowest BCUT2D eigenvalue weighted by atomic mass is 9.46. The zero-order chi connectivity index (χ0) is 22.1. The number of aliphatic hydroxyl groups is 1. The van der Waals surface area contributed by atoms with Crippen LogP contribution in [0.25, 0.3) is 0 Å². The highest BCUT2D eigenvalue weighted by Gasteiger charge is 2.67. The molecule has 6 nitrogen and oxygen atoms in total. The maximum Gasteiger partial charge on any atom is 0.247 e. The minimum atomic E-state index is -1.18. The third-order valence-corrected chi connectivity index (χ3v) is 8.25. The van der Waals surface area contributed by atoms with Crippen LogP contribution in [0.5, 0.6) is 11.5 Å². The van der Waals surface area contributed by atoms with Crippen LogP contribution >= 0.6 is 0 Å². The van der Waals surface area contributed by atoms with Gasteiger partial charge in [0.15, 0.2) is 11.5 Å². The van der Waals surface area contributed by atoms with E-state index in [1.165, 1.54) is 12.8 Å². The second kappa shape index (κ2) is 6.97. The fourth-order valence-corrected chi connectivity index (χ4v) is 6.71. The number of benzene rings is 1. The lowest BCUT2D eigenvalue weighted by Gasteiger charge is -2.65. The maximum absolute atomic E-state index is 12.9. The first-order valence-electron chi connectivity index (χ1n) is 11.7. The fraction of sp³-hybridized carbons (Fsp3) is 0.640. The predicted octanol–water partition coefficient (Wildman–Crippen LogP) is 2.60. The molecule has 4 atom stereocenters. The van der Waals surface area contributed by atoms with Crippen LogP contribution in [0.15, 0.2) is 23.8 Å². The summed E-state index contributed by atoms with van der Waals surface area (Å²) in [4.78, 5) is 15.4. The summed E-state index contributed by atoms with van der Waals surface area (Å²) in [6.07, 6.45) is 6.04. The molecule has 5 rings (SSSR count). The number of rotatable bonds is 4. The van der Waals surface area contributed by atoms with Gasteiger partial charge in [-0.1, -0.05) is 19.1 Å². The van der Waals surface area contributed by atoms with Crippen molar-refractivity contribution in [3.05, 3.63) is 34.9 Å². The Morgan fingerprint density at radius 2 is 2.03 bits per heavy atom. The summed E-state index contributed by atoms with van der Waals surface area (Å²) in [6, 6.07) is 3.36. The van der Waals surface area contributed by atoms with Crippen molar-refractivity contribution in [3.8, 4) is 11.5 Å². The first kappa shape index (κ1) is 20.8. The molecule has 4 aliphatic rings. The number of nitrogens with zero attached hydrogens (tertiary/aromatic N) is 1. The molecule has 0 radical (unpaired) electrons. The largest absolute Gasteiger partial charge is 0.504 e. The highest BCUT2D eigenvalue weighted by atomic mass is 16.3. The third-order valence-electron chi connectivity index (χ3n) is 8.25. The number of aromatic hydroxyl groups is 2. The van der Waals surface area contributed by atoms with E-state index in [0.717, 1.165) is 18.7 Å². The van der Waals surface area contributed by atoms with Crippen LogP contribution < -0.4 is 5.32 Å². The molecule has 1 amide bonds. The number of nitrogens with one attached hydrogen (secondary N) is 1. The van der Waals surface area contributed by atoms with Crippen LogP contribution in [0.4, 0.5) is 0 Å². The van der Waals surface area contributed by atoms with E-state index in [9.17, 15) is 20.1 Å². The minimum absolute atomic E-state index is 0.0215. The molecule has 1 aromatic carbocycles. The molecule has 2 fully saturated rings. The van der Waals surface area contributed by atoms with Crippen LogP contribution in [-0.4, -0.2) is 56.9 Å². The summed E-state index contributed by atoms with van der Waals surface area (Å²) in [5.41, 5.74) is 0.400. The van der Waals surface area contributed by atoms with Crippen LogP contribution in [-0.2, 0) is 16.6 Å². The zero-order valence-corrected chi connectivity index (χ0v) is 18.7. The number of likely N-dealkylation sites (tertiary alicyclic amines) is 1. The molecule has 1 saturated carbocycles. The van der Waals surface area contributed by atoms with Crippen LogP contribution in [0.1, 0.15) is 57.6 Å². The molecular formula is C25H34N2O4. The molecule has 2 bridgehead atoms. The fourth-order valence-electron chi connectivity index (χ4n) is 6.71. The molecule has 31 heavy (non-hydrogen) atoms. The molecular weight excluding hydrogens is 392 g/mol. The van der Waals surface area contributed by atoms with Gasteiger partial charge in [-0.2, -0.15) is 0 Å². The van der Waals surface area contributed by atoms with E-state index < -0.39 is 11.0 Å². The molecule has 168 valence electrons. The lowest BCUT2D eigenvalue weighted by Crippen LogP contribution is -2.74. The van der Waals surface area contributed by atoms with Gasteiger partial charge in [-0.15, -0.1) is 0 Å². The van der Waals surface area contributed by atoms with Gasteiger partial charge < -0.3 is 20.6 Å². The number of phenolic OH excluding ortho intramolecular Hbond substituents is 2. The Kier molecular flexibility index (Phi) is 4.69. The zero-order valence-electron chi connectivity index (χ0n) is 18.7. The highest BCUT2D eigenvalue weighted by molar-refractivity contribution is 5.94. The Bertz CT molecular complexity index is 953. The number of allylic oxidation sites excluding steroid dienone is 1. The van der Waals surface area contributed by atoms with Gasteiger partial charge in [-0.3, -0.25) is 9.69 Å². The normalized spacial score (nSPS) is 34.7. The molecule has 3 aliphatic carbocycles. The van der Waals surface area contributed by atoms with E-state index in [2.05, 4.69) is 10.2 Å². The molecule has 0 unspecified atom stereocenters. The van der Waals surface area contributed by atoms with Crippen molar-refractivity contribution in [1.82, 2.24) is 10.2 Å². The first-order valence-corrected chi connectivity index (χ1v) is 11.7. The van der Waals surface area contributed by atoms with Gasteiger partial charge in [0, 0.05) is 41.6 Å². The van der Waals surface area contributed by atoms with Crippen molar-refractivity contribution in [2.45, 2.75) is 76.0 Å². The van der Waals surface area contributed by atoms with Crippen LogP contribution in [0, 0.1) is 11.8 Å². The van der Waals surface area contributed by atoms with Crippen LogP contribution in [0.3, 0.4) is 0 Å². The van der Waals surface area contributed by atoms with E-state index in [4.69, 9.17) is 0 Å². The number of carbonyl (C=O) groups excluding carboxylic acids is 1. The predicted molar refractivity (Wildman–Crippen MR) is 118 cm³/mol. The summed E-state index contributed by atoms with van der Waals surface area (Å²) in [5.74, 6) is 0.166. The van der Waals surface area contributed by atoms with Gasteiger partial charge in [0.25, 0.3) is 0 Å². The average molecular weight is 427 g/mol. The van der Waals surface area contributed by atoms with Crippen molar-refractivity contribution >= 4 is 5.91 Å². The van der Waals surface area contributed by atoms with E-state index in [0.29, 0.717) is 29.9 Å². The van der Waals surface area contributed by atoms with Gasteiger partial charge in [0.2, 0.25) is 5.91 Å². The second-order valence-electron chi connectivity index (χ2n) is 10.6. The first-order chi connectivity index (χ1) is 14.7. The number of hydrogen-bond donors (Lipinski definition) is 4. The van der Waals surface area contributed by atoms with Gasteiger partial charge in [0.1, 0.15) is 0 Å². The lowest BCUT2D eigenvalue weighted by molar-refractivity contribution is -0.165. The number of hydrogen-bond acceptors (Lipinski definition) is 5. The number of phenols is 2. The summed E-state index contributed by atoms with van der Waals surface area (Å²) in [7, 11) is 0. The van der Waals surface area contributed by atoms with E-state index >= 15 is 0 Å². The van der Waals surface area contributed by atoms with Gasteiger partial charge in [0.05, 0.1) is 5.60 Å². The average Bonchev–Trinajstić information content (AvgIpc) is 3.50. The van der Waals surface area contributed by atoms with Gasteiger partial charge in [-0.25, -0.2) is 0 Å². The Morgan fingerprint density at radius 3 is 2.71 bits per heavy atom. The van der Waals surface area contributed by atoms with Gasteiger partial charge in [-0.05, 0) is 69.5 Å². The van der Waals surface area contributed by atoms with Crippen molar-refractivity contribution in [1.29, 1.82) is 0 Å². The van der Waals surface area contributed by atoms with Crippen molar-refractivity contribution in [2.75, 3.05) is 13.1 Å². The quantitative estimate of drug-likeness (QED) is 0.556. The molecule has 1 aliphatic heterocycles. The highest BCUT2D eigenvalue weighted by Crippen LogP contribution is 2.62. The Morgan fingerprint density at radius 1 is 1.29 bits per heavy atom. The summed E-state index contributed by atoms with van der Waals surface area (Å²) in [5, 5.41) is 36.8. The molecule has 0 spiro atoms. The Balaban J connectivity index is 1.66. The molecule has 1 saturated heterocycles. The number of amides is 1. The molecule has 4 N–H and O–H groups in total. The molecule has 6 heteroatoms. The van der Waals surface area contributed by atoms with Gasteiger partial charge >= 0.3 is 0 Å². The van der Waals surface area contributed by atoms with Crippen molar-refractivity contribution in [3.63, 3.8) is 0 Å². The smallest absolute Gasteiger partial charge is 0.247 e. The maximum atomic E-state index is 12.9. The molecule has 0 aromatic heterocycles. The molecule has 1 heterocycles. The monoisotopic (exact) mass is 426 g/mol. The van der Waals surface area contributed by atoms with E-state index in [1.807, 2.05) is 32.9 Å². The van der Waals surface area contributed by atoms with E-state index in [1.54, 1.807) is 6.07 Å². The Labute approximate surface area is 184 Å². The van der Waals surface area contributed by atoms with Crippen molar-refractivity contribution < 1.29 is 20.1 Å². The summed E-state index contributed by atoms with van der Waals surface area (Å²) < 4.78 is 0. The number of piperidine rings is 1. The SMILES string of the molecule is CC(C)NC(=O)C1=C[C@H](C)[C@]23CCN(CC4CC4)[C@H](Cc4ccc(O)c(O)c42)[C@]3(O)C1. The number of carbonyl (C=O) groups is 1. The molecule has 1 aromatic rings. The van der Waals surface area contributed by atoms with Crippen molar-refractivity contribution in [2.24, 2.45) is 11.8 Å². The summed E-state index contributed by atoms with van der Waals surface area (Å²) in [6.45, 7) is 7.74. The standard InChI is InChI=1S/C25H34N2O4/c1-14(2)26-23(30)18-10-15(3)24-8-9-27(13-16-4-5-16)20(25(24,31)12-18)11-17-6-7-19(28)22(29)21(17)24/h6-7,10,14-16,20,28-29,31H,4-5,8-9,11-13H2,1-3H3,(H,26,30)/t15-,20+,24+,25+/m0/s1. The Hall–Kier alpha value is -2.05. The topological polar surface area (TPSA) is 93.0 Å². The number of fused-ring (bicyclic) bond motifs is 1. The summed E-state index contributed by atoms with van der Waals surface area (Å²) >= 11 is 0. The van der Waals surface area contributed by atoms with E-state index in [-0.39, 0.29) is 41.8 Å². The van der Waals surface area contributed by atoms with Crippen LogP contribution in [0.2, 0.25) is 0 Å².